The van der Waals surface area contributed by atoms with Gasteiger partial charge in [0.05, 0.1) is 53.7 Å². The quantitative estimate of drug-likeness (QED) is 0.0530. The average Bonchev–Trinajstić information content (AvgIpc) is 2.86. The van der Waals surface area contributed by atoms with Gasteiger partial charge < -0.3 is 23.4 Å². The lowest BCUT2D eigenvalue weighted by Gasteiger charge is -2.24. The summed E-state index contributed by atoms with van der Waals surface area (Å²) >= 11 is 0. The summed E-state index contributed by atoms with van der Waals surface area (Å²) in [6, 6.07) is 0. The zero-order valence-corrected chi connectivity index (χ0v) is 26.2. The van der Waals surface area contributed by atoms with Crippen molar-refractivity contribution in [3.8, 4) is 0 Å². The summed E-state index contributed by atoms with van der Waals surface area (Å²) in [7, 11) is 6.54. The second-order valence-corrected chi connectivity index (χ2v) is 11.9. The van der Waals surface area contributed by atoms with Gasteiger partial charge in [-0.3, -0.25) is 0 Å². The van der Waals surface area contributed by atoms with Gasteiger partial charge in [-0.15, -0.1) is 0 Å². The molecule has 0 fully saturated rings. The molecule has 5 nitrogen and oxygen atoms in total. The number of hydrogen-bond donors (Lipinski definition) is 0. The van der Waals surface area contributed by atoms with Crippen LogP contribution in [0.1, 0.15) is 136 Å². The van der Waals surface area contributed by atoms with Gasteiger partial charge in [-0.05, 0) is 19.3 Å². The van der Waals surface area contributed by atoms with Crippen molar-refractivity contribution in [1.29, 1.82) is 0 Å². The first-order chi connectivity index (χ1) is 17.9. The fourth-order valence-electron chi connectivity index (χ4n) is 4.35. The Hall–Kier alpha value is -0.200. The molecule has 0 spiro atoms. The van der Waals surface area contributed by atoms with E-state index in [2.05, 4.69) is 41.9 Å². The number of unbranched alkanes of at least 4 members (excludes halogenated alkanes) is 14. The lowest BCUT2D eigenvalue weighted by Crippen LogP contribution is -2.37. The normalized spacial score (nSPS) is 13.8. The number of ether oxygens (including phenoxy) is 4. The molecular weight excluding hydrogens is 462 g/mol. The largest absolute Gasteiger partial charge is 0.376 e. The van der Waals surface area contributed by atoms with E-state index in [0.717, 1.165) is 43.5 Å². The molecule has 224 valence electrons. The van der Waals surface area contributed by atoms with Gasteiger partial charge in [0.15, 0.2) is 6.29 Å². The van der Waals surface area contributed by atoms with E-state index < -0.39 is 0 Å². The van der Waals surface area contributed by atoms with Crippen LogP contribution in [0.25, 0.3) is 0 Å². The molecule has 0 saturated carbocycles. The van der Waals surface area contributed by atoms with Crippen molar-refractivity contribution in [2.24, 2.45) is 0 Å². The molecule has 0 aromatic rings. The second-order valence-electron chi connectivity index (χ2n) is 11.9. The Bertz CT molecular complexity index is 441. The third-order valence-electron chi connectivity index (χ3n) is 6.97. The third kappa shape index (κ3) is 28.6. The highest BCUT2D eigenvalue weighted by Gasteiger charge is 2.14. The molecule has 0 aliphatic rings. The predicted octanol–water partition coefficient (Wildman–Crippen LogP) is 8.54. The maximum atomic E-state index is 6.17. The number of hydrogen-bond acceptors (Lipinski definition) is 4. The summed E-state index contributed by atoms with van der Waals surface area (Å²) in [6.45, 7) is 11.0. The van der Waals surface area contributed by atoms with Gasteiger partial charge in [-0.25, -0.2) is 0 Å². The van der Waals surface area contributed by atoms with Gasteiger partial charge in [-0.1, -0.05) is 117 Å². The third-order valence-corrected chi connectivity index (χ3v) is 6.97. The molecule has 5 heteroatoms. The van der Waals surface area contributed by atoms with Crippen LogP contribution in [-0.2, 0) is 18.9 Å². The standard InChI is InChI=1S/C32H68NO4/c1-7-10-12-13-14-15-16-17-18-19-20-21-22-23-24-31(35-26-11-8-2)30-37-32(9-3)36-29-28-34-27-25-33(4,5)6/h31-32H,7-30H2,1-6H3/q+1. The Morgan fingerprint density at radius 3 is 1.57 bits per heavy atom. The molecule has 2 unspecified atom stereocenters. The molecule has 0 rings (SSSR count). The van der Waals surface area contributed by atoms with Crippen LogP contribution in [0, 0.1) is 0 Å². The zero-order valence-electron chi connectivity index (χ0n) is 26.2. The molecule has 0 aliphatic carbocycles. The Balaban J connectivity index is 3.88. The van der Waals surface area contributed by atoms with Crippen LogP contribution in [0.2, 0.25) is 0 Å². The molecule has 2 atom stereocenters. The topological polar surface area (TPSA) is 36.9 Å². The minimum absolute atomic E-state index is 0.171. The first-order valence-electron chi connectivity index (χ1n) is 16.2. The van der Waals surface area contributed by atoms with E-state index in [1.54, 1.807) is 0 Å². The van der Waals surface area contributed by atoms with Crippen molar-refractivity contribution in [2.45, 2.75) is 149 Å². The minimum atomic E-state index is -0.171. The average molecular weight is 531 g/mol. The van der Waals surface area contributed by atoms with Crippen molar-refractivity contribution in [3.63, 3.8) is 0 Å². The summed E-state index contributed by atoms with van der Waals surface area (Å²) in [5, 5.41) is 0. The molecule has 0 aromatic carbocycles. The maximum absolute atomic E-state index is 6.17. The molecule has 0 amide bonds. The van der Waals surface area contributed by atoms with Gasteiger partial charge in [0.25, 0.3) is 0 Å². The van der Waals surface area contributed by atoms with Crippen LogP contribution >= 0.6 is 0 Å². The summed E-state index contributed by atoms with van der Waals surface area (Å²) in [5.74, 6) is 0. The van der Waals surface area contributed by atoms with E-state index in [0.29, 0.717) is 19.8 Å². The highest BCUT2D eigenvalue weighted by atomic mass is 16.7. The molecule has 0 aromatic heterocycles. The second kappa shape index (κ2) is 27.4. The smallest absolute Gasteiger partial charge is 0.157 e. The zero-order chi connectivity index (χ0) is 27.5. The lowest BCUT2D eigenvalue weighted by atomic mass is 10.0. The van der Waals surface area contributed by atoms with Crippen LogP contribution in [-0.4, -0.2) is 77.6 Å². The highest BCUT2D eigenvalue weighted by molar-refractivity contribution is 4.60. The highest BCUT2D eigenvalue weighted by Crippen LogP contribution is 2.15. The Morgan fingerprint density at radius 1 is 0.514 bits per heavy atom. The number of likely N-dealkylation sites (N-methyl/N-ethyl adjacent to an activating group) is 1. The van der Waals surface area contributed by atoms with E-state index in [1.165, 1.54) is 96.3 Å². The van der Waals surface area contributed by atoms with Gasteiger partial charge in [-0.2, -0.15) is 0 Å². The molecule has 0 N–H and O–H groups in total. The van der Waals surface area contributed by atoms with Crippen LogP contribution in [0.5, 0.6) is 0 Å². The van der Waals surface area contributed by atoms with Crippen LogP contribution < -0.4 is 0 Å². The summed E-state index contributed by atoms with van der Waals surface area (Å²) in [4.78, 5) is 0. The Labute approximate surface area is 232 Å². The van der Waals surface area contributed by atoms with Crippen LogP contribution in [0.3, 0.4) is 0 Å². The van der Waals surface area contributed by atoms with Gasteiger partial charge in [0.2, 0.25) is 0 Å². The van der Waals surface area contributed by atoms with Crippen LogP contribution in [0.15, 0.2) is 0 Å². The van der Waals surface area contributed by atoms with E-state index >= 15 is 0 Å². The molecule has 37 heavy (non-hydrogen) atoms. The van der Waals surface area contributed by atoms with Crippen molar-refractivity contribution >= 4 is 0 Å². The predicted molar refractivity (Wildman–Crippen MR) is 159 cm³/mol. The SMILES string of the molecule is CCCCCCCCCCCCCCCCC(COC(CC)OCCOCC[N+](C)(C)C)OCCCC. The van der Waals surface area contributed by atoms with Crippen LogP contribution in [0.4, 0.5) is 0 Å². The summed E-state index contributed by atoms with van der Waals surface area (Å²) in [5.41, 5.74) is 0. The molecule has 0 aliphatic heterocycles. The monoisotopic (exact) mass is 531 g/mol. The fraction of sp³-hybridized carbons (Fsp3) is 1.00. The first kappa shape index (κ1) is 36.8. The minimum Gasteiger partial charge on any atom is -0.376 e. The van der Waals surface area contributed by atoms with Gasteiger partial charge in [0.1, 0.15) is 6.54 Å². The summed E-state index contributed by atoms with van der Waals surface area (Å²) < 4.78 is 24.8. The number of rotatable bonds is 30. The fourth-order valence-corrected chi connectivity index (χ4v) is 4.35. The van der Waals surface area contributed by atoms with Crippen molar-refractivity contribution in [1.82, 2.24) is 0 Å². The molecular formula is C32H68NO4+. The van der Waals surface area contributed by atoms with E-state index in [-0.39, 0.29) is 12.4 Å². The molecule has 0 bridgehead atoms. The molecule has 0 heterocycles. The number of quaternary nitrogens is 1. The number of nitrogens with zero attached hydrogens (tertiary/aromatic N) is 1. The molecule has 0 radical (unpaired) electrons. The molecule has 0 saturated heterocycles. The van der Waals surface area contributed by atoms with Gasteiger partial charge >= 0.3 is 0 Å². The van der Waals surface area contributed by atoms with Gasteiger partial charge in [0, 0.05) is 6.61 Å². The Morgan fingerprint density at radius 2 is 1.05 bits per heavy atom. The summed E-state index contributed by atoms with van der Waals surface area (Å²) in [6.07, 6.45) is 23.8. The first-order valence-corrected chi connectivity index (χ1v) is 16.2. The van der Waals surface area contributed by atoms with E-state index in [4.69, 9.17) is 18.9 Å². The van der Waals surface area contributed by atoms with Crippen molar-refractivity contribution in [2.75, 3.05) is 60.7 Å². The van der Waals surface area contributed by atoms with E-state index in [9.17, 15) is 0 Å². The Kier molecular flexibility index (Phi) is 27.2. The lowest BCUT2D eigenvalue weighted by molar-refractivity contribution is -0.870. The van der Waals surface area contributed by atoms with Crippen molar-refractivity contribution < 1.29 is 23.4 Å². The van der Waals surface area contributed by atoms with E-state index in [1.807, 2.05) is 0 Å². The van der Waals surface area contributed by atoms with Crippen molar-refractivity contribution in [3.05, 3.63) is 0 Å². The maximum Gasteiger partial charge on any atom is 0.157 e.